The average Bonchev–Trinajstić information content (AvgIpc) is 3.22. The lowest BCUT2D eigenvalue weighted by atomic mass is 9.85. The fourth-order valence-corrected chi connectivity index (χ4v) is 4.98. The van der Waals surface area contributed by atoms with Gasteiger partial charge in [-0.05, 0) is 56.7 Å². The molecule has 1 saturated heterocycles. The summed E-state index contributed by atoms with van der Waals surface area (Å²) < 4.78 is 1.85. The molecule has 1 saturated carbocycles. The van der Waals surface area contributed by atoms with Crippen LogP contribution in [0, 0.1) is 11.8 Å². The van der Waals surface area contributed by atoms with Crippen LogP contribution in [0.3, 0.4) is 0 Å². The van der Waals surface area contributed by atoms with Crippen LogP contribution >= 0.6 is 0 Å². The zero-order valence-corrected chi connectivity index (χ0v) is 19.2. The summed E-state index contributed by atoms with van der Waals surface area (Å²) in [4.78, 5) is 23.6. The minimum Gasteiger partial charge on any atom is -0.378 e. The summed E-state index contributed by atoms with van der Waals surface area (Å²) >= 11 is 0. The van der Waals surface area contributed by atoms with Gasteiger partial charge in [0.2, 0.25) is 5.95 Å². The molecule has 8 nitrogen and oxygen atoms in total. The second-order valence-corrected chi connectivity index (χ2v) is 9.41. The second kappa shape index (κ2) is 9.09. The lowest BCUT2D eigenvalue weighted by molar-refractivity contribution is 0.0610. The number of carbonyl (C=O) groups is 1. The van der Waals surface area contributed by atoms with E-state index in [-0.39, 0.29) is 17.9 Å². The van der Waals surface area contributed by atoms with Gasteiger partial charge in [-0.3, -0.25) is 4.79 Å². The van der Waals surface area contributed by atoms with Gasteiger partial charge in [-0.2, -0.15) is 4.98 Å². The first-order valence-electron chi connectivity index (χ1n) is 12.0. The van der Waals surface area contributed by atoms with E-state index in [0.29, 0.717) is 37.3 Å². The monoisotopic (exact) mass is 458 g/mol. The number of aliphatic hydroxyl groups is 1. The van der Waals surface area contributed by atoms with E-state index in [4.69, 9.17) is 11.5 Å². The Kier molecular flexibility index (Phi) is 5.98. The van der Waals surface area contributed by atoms with Crippen molar-refractivity contribution in [3.63, 3.8) is 0 Å². The summed E-state index contributed by atoms with van der Waals surface area (Å²) in [5, 5.41) is 11.6. The molecule has 5 rings (SSSR count). The number of hydrogen-bond acceptors (Lipinski definition) is 6. The molecule has 8 heteroatoms. The zero-order chi connectivity index (χ0) is 23.7. The van der Waals surface area contributed by atoms with Gasteiger partial charge in [0.15, 0.2) is 0 Å². The van der Waals surface area contributed by atoms with Crippen LogP contribution in [-0.2, 0) is 0 Å². The molecule has 2 fully saturated rings. The maximum absolute atomic E-state index is 13.5. The van der Waals surface area contributed by atoms with Gasteiger partial charge >= 0.3 is 0 Å². The van der Waals surface area contributed by atoms with Gasteiger partial charge in [-0.1, -0.05) is 24.3 Å². The van der Waals surface area contributed by atoms with Crippen LogP contribution in [0.1, 0.15) is 60.9 Å². The largest absolute Gasteiger partial charge is 0.378 e. The Morgan fingerprint density at radius 1 is 1.18 bits per heavy atom. The van der Waals surface area contributed by atoms with E-state index in [9.17, 15) is 9.90 Å². The molecular weight excluding hydrogens is 428 g/mol. The molecule has 176 valence electrons. The fourth-order valence-electron chi connectivity index (χ4n) is 4.98. The summed E-state index contributed by atoms with van der Waals surface area (Å²) in [6.45, 7) is 1.25. The number of aromatic nitrogens is 3. The first kappa shape index (κ1) is 22.4. The highest BCUT2D eigenvalue weighted by Gasteiger charge is 2.27. The summed E-state index contributed by atoms with van der Waals surface area (Å²) in [5.74, 6) is 6.94. The lowest BCUT2D eigenvalue weighted by Crippen LogP contribution is -2.45. The Morgan fingerprint density at radius 2 is 2.00 bits per heavy atom. The van der Waals surface area contributed by atoms with Crippen LogP contribution in [0.15, 0.2) is 36.7 Å². The van der Waals surface area contributed by atoms with Crippen molar-refractivity contribution in [1.82, 2.24) is 19.4 Å². The van der Waals surface area contributed by atoms with Crippen molar-refractivity contribution in [2.45, 2.75) is 56.6 Å². The normalized spacial score (nSPS) is 20.1. The Hall–Kier alpha value is -3.41. The van der Waals surface area contributed by atoms with E-state index in [0.717, 1.165) is 48.6 Å². The highest BCUT2D eigenvalue weighted by Crippen LogP contribution is 2.29. The van der Waals surface area contributed by atoms with Crippen LogP contribution in [0.5, 0.6) is 0 Å². The maximum atomic E-state index is 13.5. The molecule has 0 spiro atoms. The van der Waals surface area contributed by atoms with Crippen LogP contribution in [-0.4, -0.2) is 55.2 Å². The third-order valence-electron chi connectivity index (χ3n) is 6.81. The van der Waals surface area contributed by atoms with Crippen LogP contribution in [0.2, 0.25) is 0 Å². The van der Waals surface area contributed by atoms with Crippen LogP contribution in [0.25, 0.3) is 16.7 Å². The van der Waals surface area contributed by atoms with Crippen LogP contribution in [0.4, 0.5) is 5.95 Å². The Bertz CT molecular complexity index is 1280. The molecule has 3 aromatic rings. The molecule has 1 aromatic carbocycles. The van der Waals surface area contributed by atoms with Crippen LogP contribution < -0.4 is 11.5 Å². The minimum absolute atomic E-state index is 0.000166. The third kappa shape index (κ3) is 4.49. The number of hydrogen-bond donors (Lipinski definition) is 3. The lowest BCUT2D eigenvalue weighted by Gasteiger charge is -2.30. The quantitative estimate of drug-likeness (QED) is 0.507. The summed E-state index contributed by atoms with van der Waals surface area (Å²) in [7, 11) is 0. The van der Waals surface area contributed by atoms with Crippen molar-refractivity contribution in [3.05, 3.63) is 47.8 Å². The number of nitrogens with two attached hydrogens (primary N) is 2. The number of benzene rings is 1. The number of carbonyl (C=O) groups excluding carboxylic acids is 1. The van der Waals surface area contributed by atoms with E-state index in [1.165, 1.54) is 0 Å². The van der Waals surface area contributed by atoms with Gasteiger partial charge in [0.05, 0.1) is 11.1 Å². The Labute approximate surface area is 199 Å². The molecule has 0 radical (unpaired) electrons. The van der Waals surface area contributed by atoms with Crippen molar-refractivity contribution < 1.29 is 9.90 Å². The average molecular weight is 459 g/mol. The summed E-state index contributed by atoms with van der Waals surface area (Å²) in [6, 6.07) is 7.51. The minimum atomic E-state index is -0.926. The maximum Gasteiger partial charge on any atom is 0.256 e. The van der Waals surface area contributed by atoms with E-state index in [1.54, 1.807) is 18.5 Å². The van der Waals surface area contributed by atoms with Gasteiger partial charge in [0, 0.05) is 42.5 Å². The number of amides is 1. The molecule has 34 heavy (non-hydrogen) atoms. The van der Waals surface area contributed by atoms with Crippen molar-refractivity contribution in [3.8, 4) is 17.7 Å². The SMILES string of the molecule is Nc1nccc(-n2cc(C(=O)N3CCC[C@@H](N)C3)c3ccc(C#CC4(O)CCCCC4)cc32)n1. The molecule has 1 aliphatic carbocycles. The predicted molar refractivity (Wildman–Crippen MR) is 131 cm³/mol. The number of likely N-dealkylation sites (tertiary alicyclic amines) is 1. The van der Waals surface area contributed by atoms with E-state index < -0.39 is 5.60 Å². The number of nitrogens with zero attached hydrogens (tertiary/aromatic N) is 4. The predicted octanol–water partition coefficient (Wildman–Crippen LogP) is 2.61. The molecule has 1 amide bonds. The van der Waals surface area contributed by atoms with Crippen molar-refractivity contribution in [2.75, 3.05) is 18.8 Å². The first-order chi connectivity index (χ1) is 16.4. The summed E-state index contributed by atoms with van der Waals surface area (Å²) in [5.41, 5.74) is 13.2. The highest BCUT2D eigenvalue weighted by molar-refractivity contribution is 6.07. The number of nitrogen functional groups attached to an aromatic ring is 1. The molecule has 2 aromatic heterocycles. The topological polar surface area (TPSA) is 123 Å². The summed E-state index contributed by atoms with van der Waals surface area (Å²) in [6.07, 6.45) is 9.77. The van der Waals surface area contributed by atoms with E-state index >= 15 is 0 Å². The van der Waals surface area contributed by atoms with Gasteiger partial charge in [-0.15, -0.1) is 0 Å². The van der Waals surface area contributed by atoms with Gasteiger partial charge < -0.3 is 26.0 Å². The molecule has 0 unspecified atom stereocenters. The second-order valence-electron chi connectivity index (χ2n) is 9.41. The van der Waals surface area contributed by atoms with Gasteiger partial charge in [0.1, 0.15) is 11.4 Å². The first-order valence-corrected chi connectivity index (χ1v) is 12.0. The van der Waals surface area contributed by atoms with E-state index in [1.807, 2.05) is 27.7 Å². The van der Waals surface area contributed by atoms with Crippen molar-refractivity contribution in [1.29, 1.82) is 0 Å². The molecule has 5 N–H and O–H groups in total. The molecule has 1 atom stereocenters. The number of rotatable bonds is 2. The fraction of sp³-hybridized carbons (Fsp3) is 0.423. The third-order valence-corrected chi connectivity index (χ3v) is 6.81. The highest BCUT2D eigenvalue weighted by atomic mass is 16.3. The molecule has 1 aliphatic heterocycles. The van der Waals surface area contributed by atoms with Crippen molar-refractivity contribution in [2.24, 2.45) is 5.73 Å². The Balaban J connectivity index is 1.58. The molecule has 3 heterocycles. The Morgan fingerprint density at radius 3 is 2.76 bits per heavy atom. The number of fused-ring (bicyclic) bond motifs is 1. The van der Waals surface area contributed by atoms with E-state index in [2.05, 4.69) is 21.8 Å². The zero-order valence-electron chi connectivity index (χ0n) is 19.2. The van der Waals surface area contributed by atoms with Crippen molar-refractivity contribution >= 4 is 22.8 Å². The molecule has 2 aliphatic rings. The molecule has 0 bridgehead atoms. The number of anilines is 1. The van der Waals surface area contributed by atoms with Gasteiger partial charge in [-0.25, -0.2) is 4.98 Å². The smallest absolute Gasteiger partial charge is 0.256 e. The standard InChI is InChI=1S/C26H30N6O2/c27-19-5-4-14-31(16-19)24(33)21-17-32(23-9-13-29-25(28)30-23)22-15-18(6-7-20(21)22)8-12-26(34)10-2-1-3-11-26/h6-7,9,13,15,17,19,34H,1-5,10-11,14,16,27H2,(H2,28,29,30)/t19-/m1/s1. The van der Waals surface area contributed by atoms with Gasteiger partial charge in [0.25, 0.3) is 5.91 Å². The molecular formula is C26H30N6O2. The number of piperidine rings is 1.